The molecule has 1 rings (SSSR count). The molecular formula is C12H20N2OS. The topological polar surface area (TPSA) is 32.7 Å². The predicted octanol–water partition coefficient (Wildman–Crippen LogP) is 2.36. The van der Waals surface area contributed by atoms with Gasteiger partial charge in [0.05, 0.1) is 9.73 Å². The third kappa shape index (κ3) is 4.33. The van der Waals surface area contributed by atoms with Gasteiger partial charge in [-0.1, -0.05) is 37.3 Å². The van der Waals surface area contributed by atoms with Crippen LogP contribution in [0.2, 0.25) is 0 Å². The van der Waals surface area contributed by atoms with Crippen LogP contribution in [0.3, 0.4) is 0 Å². The largest absolute Gasteiger partial charge is 0.249 e. The van der Waals surface area contributed by atoms with E-state index in [0.717, 1.165) is 0 Å². The summed E-state index contributed by atoms with van der Waals surface area (Å²) in [5.41, 5.74) is 1.21. The van der Waals surface area contributed by atoms with Crippen molar-refractivity contribution < 1.29 is 4.21 Å². The van der Waals surface area contributed by atoms with Crippen LogP contribution >= 0.6 is 0 Å². The first-order valence-electron chi connectivity index (χ1n) is 5.33. The van der Waals surface area contributed by atoms with Crippen LogP contribution in [0.25, 0.3) is 0 Å². The van der Waals surface area contributed by atoms with Gasteiger partial charge in [-0.25, -0.2) is 4.21 Å². The average Bonchev–Trinajstić information content (AvgIpc) is 2.16. The van der Waals surface area contributed by atoms with Crippen molar-refractivity contribution in [2.45, 2.75) is 12.8 Å². The maximum atomic E-state index is 12.2. The molecule has 2 atom stereocenters. The molecule has 0 saturated heterocycles. The molecule has 1 aromatic carbocycles. The molecule has 3 nitrogen and oxygen atoms in total. The second kappa shape index (κ2) is 5.46. The van der Waals surface area contributed by atoms with Gasteiger partial charge >= 0.3 is 0 Å². The highest BCUT2D eigenvalue weighted by Gasteiger charge is 2.11. The molecule has 0 bridgehead atoms. The molecule has 16 heavy (non-hydrogen) atoms. The number of benzene rings is 1. The molecule has 0 N–H and O–H groups in total. The molecule has 1 aromatic rings. The first kappa shape index (κ1) is 13.2. The Kier molecular flexibility index (Phi) is 4.50. The Morgan fingerprint density at radius 2 is 1.88 bits per heavy atom. The highest BCUT2D eigenvalue weighted by molar-refractivity contribution is 7.92. The summed E-state index contributed by atoms with van der Waals surface area (Å²) in [7, 11) is 1.48. The van der Waals surface area contributed by atoms with Crippen molar-refractivity contribution in [1.82, 2.24) is 5.01 Å². The molecule has 0 aromatic heterocycles. The zero-order chi connectivity index (χ0) is 12.2. The maximum Gasteiger partial charge on any atom is 0.0616 e. The van der Waals surface area contributed by atoms with E-state index < -0.39 is 9.73 Å². The standard InChI is InChI=1S/C12H20N2OS/c1-11(12-8-6-5-7-9-12)10-16(4,15)13-14(2)3/h5-9,11H,10H2,1-4H3. The Morgan fingerprint density at radius 3 is 2.38 bits per heavy atom. The van der Waals surface area contributed by atoms with Crippen molar-refractivity contribution in [2.24, 2.45) is 4.47 Å². The van der Waals surface area contributed by atoms with E-state index in [1.165, 1.54) is 5.56 Å². The van der Waals surface area contributed by atoms with Crippen molar-refractivity contribution in [1.29, 1.82) is 0 Å². The van der Waals surface area contributed by atoms with E-state index in [4.69, 9.17) is 0 Å². The van der Waals surface area contributed by atoms with Gasteiger partial charge in [-0.05, 0) is 11.5 Å². The molecule has 0 saturated carbocycles. The van der Waals surface area contributed by atoms with Gasteiger partial charge in [-0.3, -0.25) is 0 Å². The lowest BCUT2D eigenvalue weighted by Crippen LogP contribution is -2.15. The number of rotatable bonds is 4. The first-order chi connectivity index (χ1) is 7.41. The zero-order valence-electron chi connectivity index (χ0n) is 10.4. The third-order valence-electron chi connectivity index (χ3n) is 2.26. The van der Waals surface area contributed by atoms with Gasteiger partial charge in [0.25, 0.3) is 0 Å². The third-order valence-corrected chi connectivity index (χ3v) is 4.05. The van der Waals surface area contributed by atoms with Crippen molar-refractivity contribution in [3.63, 3.8) is 0 Å². The van der Waals surface area contributed by atoms with Gasteiger partial charge in [0, 0.05) is 26.1 Å². The molecule has 0 amide bonds. The molecule has 4 heteroatoms. The summed E-state index contributed by atoms with van der Waals surface area (Å²) in [5, 5.41) is 1.63. The van der Waals surface area contributed by atoms with Crippen LogP contribution < -0.4 is 0 Å². The number of nitrogens with zero attached hydrogens (tertiary/aromatic N) is 2. The van der Waals surface area contributed by atoms with Gasteiger partial charge in [-0.15, -0.1) is 4.47 Å². The van der Waals surface area contributed by atoms with E-state index >= 15 is 0 Å². The predicted molar refractivity (Wildman–Crippen MR) is 69.9 cm³/mol. The summed E-state index contributed by atoms with van der Waals surface area (Å²) in [6.45, 7) is 2.09. The SMILES string of the molecule is CC(CS(C)(=O)=NN(C)C)c1ccccc1. The lowest BCUT2D eigenvalue weighted by Gasteiger charge is -2.14. The van der Waals surface area contributed by atoms with E-state index in [0.29, 0.717) is 5.75 Å². The summed E-state index contributed by atoms with van der Waals surface area (Å²) >= 11 is 0. The van der Waals surface area contributed by atoms with Crippen LogP contribution in [0.4, 0.5) is 0 Å². The Labute approximate surface area is 98.6 Å². The van der Waals surface area contributed by atoms with E-state index in [1.54, 1.807) is 25.4 Å². The molecular weight excluding hydrogens is 220 g/mol. The van der Waals surface area contributed by atoms with Crippen LogP contribution in [-0.2, 0) is 9.73 Å². The van der Waals surface area contributed by atoms with Gasteiger partial charge in [-0.2, -0.15) is 5.01 Å². The van der Waals surface area contributed by atoms with E-state index in [2.05, 4.69) is 23.5 Å². The van der Waals surface area contributed by atoms with Crippen LogP contribution in [-0.4, -0.2) is 35.3 Å². The zero-order valence-corrected chi connectivity index (χ0v) is 11.2. The normalized spacial score (nSPS) is 16.8. The van der Waals surface area contributed by atoms with Crippen LogP contribution in [0.1, 0.15) is 18.4 Å². The fourth-order valence-corrected chi connectivity index (χ4v) is 3.60. The molecule has 0 radical (unpaired) electrons. The lowest BCUT2D eigenvalue weighted by molar-refractivity contribution is 0.441. The van der Waals surface area contributed by atoms with E-state index in [-0.39, 0.29) is 5.92 Å². The quantitative estimate of drug-likeness (QED) is 0.757. The second-order valence-corrected chi connectivity index (χ2v) is 6.78. The summed E-state index contributed by atoms with van der Waals surface area (Å²) in [5.74, 6) is 0.859. The fourth-order valence-electron chi connectivity index (χ4n) is 1.72. The molecule has 0 heterocycles. The van der Waals surface area contributed by atoms with E-state index in [1.807, 2.05) is 18.2 Å². The fraction of sp³-hybridized carbons (Fsp3) is 0.500. The van der Waals surface area contributed by atoms with Crippen molar-refractivity contribution in [3.05, 3.63) is 35.9 Å². The monoisotopic (exact) mass is 240 g/mol. The lowest BCUT2D eigenvalue weighted by atomic mass is 10.0. The van der Waals surface area contributed by atoms with Gasteiger partial charge in [0.15, 0.2) is 0 Å². The number of hydrogen-bond donors (Lipinski definition) is 0. The number of hydrogen-bond acceptors (Lipinski definition) is 2. The average molecular weight is 240 g/mol. The Hall–Kier alpha value is -0.870. The smallest absolute Gasteiger partial charge is 0.0616 e. The Bertz CT molecular complexity index is 434. The first-order valence-corrected chi connectivity index (χ1v) is 7.42. The minimum Gasteiger partial charge on any atom is -0.249 e. The Balaban J connectivity index is 2.80. The van der Waals surface area contributed by atoms with Crippen molar-refractivity contribution in [3.8, 4) is 0 Å². The van der Waals surface area contributed by atoms with Crippen LogP contribution in [0.15, 0.2) is 34.8 Å². The van der Waals surface area contributed by atoms with Crippen molar-refractivity contribution >= 4 is 9.73 Å². The van der Waals surface area contributed by atoms with Crippen LogP contribution in [0, 0.1) is 0 Å². The highest BCUT2D eigenvalue weighted by Crippen LogP contribution is 2.17. The minimum atomic E-state index is -2.13. The molecule has 90 valence electrons. The van der Waals surface area contributed by atoms with Gasteiger partial charge < -0.3 is 0 Å². The Morgan fingerprint density at radius 1 is 1.31 bits per heavy atom. The molecule has 0 spiro atoms. The molecule has 0 fully saturated rings. The molecule has 0 aliphatic rings. The molecule has 2 unspecified atom stereocenters. The maximum absolute atomic E-state index is 12.2. The summed E-state index contributed by atoms with van der Waals surface area (Å²) in [4.78, 5) is 0. The summed E-state index contributed by atoms with van der Waals surface area (Å²) < 4.78 is 16.3. The van der Waals surface area contributed by atoms with Gasteiger partial charge in [0.2, 0.25) is 0 Å². The second-order valence-electron chi connectivity index (χ2n) is 4.37. The van der Waals surface area contributed by atoms with E-state index in [9.17, 15) is 4.21 Å². The minimum absolute atomic E-state index is 0.266. The summed E-state index contributed by atoms with van der Waals surface area (Å²) in [6, 6.07) is 10.1. The van der Waals surface area contributed by atoms with Crippen molar-refractivity contribution in [2.75, 3.05) is 26.1 Å². The molecule has 0 aliphatic heterocycles. The molecule has 0 aliphatic carbocycles. The highest BCUT2D eigenvalue weighted by atomic mass is 32.2. The van der Waals surface area contributed by atoms with Gasteiger partial charge in [0.1, 0.15) is 0 Å². The van der Waals surface area contributed by atoms with Crippen LogP contribution in [0.5, 0.6) is 0 Å². The summed E-state index contributed by atoms with van der Waals surface area (Å²) in [6.07, 6.45) is 1.71.